The van der Waals surface area contributed by atoms with Crippen molar-refractivity contribution in [1.29, 1.82) is 0 Å². The van der Waals surface area contributed by atoms with Gasteiger partial charge in [0.1, 0.15) is 12.1 Å². The van der Waals surface area contributed by atoms with Crippen LogP contribution in [0.15, 0.2) is 30.3 Å². The van der Waals surface area contributed by atoms with Gasteiger partial charge in [-0.15, -0.1) is 0 Å². The van der Waals surface area contributed by atoms with Crippen LogP contribution in [0.25, 0.3) is 0 Å². The molecule has 8 heteroatoms. The number of benzene rings is 1. The molecule has 1 amide bonds. The molecule has 37 heavy (non-hydrogen) atoms. The summed E-state index contributed by atoms with van der Waals surface area (Å²) in [6.45, 7) is 3.05. The van der Waals surface area contributed by atoms with E-state index in [1.807, 2.05) is 30.3 Å². The Bertz CT molecular complexity index is 941. The first kappa shape index (κ1) is 27.6. The molecule has 1 heterocycles. The zero-order valence-corrected chi connectivity index (χ0v) is 22.1. The Kier molecular flexibility index (Phi) is 9.24. The minimum atomic E-state index is -0.931. The zero-order valence-electron chi connectivity index (χ0n) is 22.1. The SMILES string of the molecule is CCOC(=O)C(CCc1ccccc1)N[C@@H](CCCCN)C(=O)N1CC2(CC3CCC2C3)CC1C(=O)O. The summed E-state index contributed by atoms with van der Waals surface area (Å²) in [5.41, 5.74) is 6.75. The van der Waals surface area contributed by atoms with Crippen molar-refractivity contribution >= 4 is 17.8 Å². The number of carboxylic acid groups (broad SMARTS) is 1. The molecular formula is C29H43N3O5. The summed E-state index contributed by atoms with van der Waals surface area (Å²) in [4.78, 5) is 40.9. The lowest BCUT2D eigenvalue weighted by Gasteiger charge is -2.34. The van der Waals surface area contributed by atoms with Crippen LogP contribution in [-0.2, 0) is 25.5 Å². The summed E-state index contributed by atoms with van der Waals surface area (Å²) in [7, 11) is 0. The Labute approximate surface area is 220 Å². The summed E-state index contributed by atoms with van der Waals surface area (Å²) in [5.74, 6) is -0.341. The van der Waals surface area contributed by atoms with Gasteiger partial charge >= 0.3 is 11.9 Å². The maximum absolute atomic E-state index is 14.0. The molecule has 1 aromatic carbocycles. The van der Waals surface area contributed by atoms with E-state index in [4.69, 9.17) is 10.5 Å². The monoisotopic (exact) mass is 513 g/mol. The van der Waals surface area contributed by atoms with E-state index in [9.17, 15) is 19.5 Å². The van der Waals surface area contributed by atoms with E-state index in [2.05, 4.69) is 5.32 Å². The second-order valence-corrected chi connectivity index (χ2v) is 11.3. The van der Waals surface area contributed by atoms with Gasteiger partial charge in [0.2, 0.25) is 5.91 Å². The highest BCUT2D eigenvalue weighted by Crippen LogP contribution is 2.60. The molecule has 3 aliphatic rings. The molecule has 1 spiro atoms. The number of unbranched alkanes of at least 4 members (excludes halogenated alkanes) is 1. The highest BCUT2D eigenvalue weighted by Gasteiger charge is 2.59. The van der Waals surface area contributed by atoms with Crippen LogP contribution in [0.5, 0.6) is 0 Å². The van der Waals surface area contributed by atoms with E-state index in [0.29, 0.717) is 50.6 Å². The van der Waals surface area contributed by atoms with Gasteiger partial charge in [-0.2, -0.15) is 0 Å². The van der Waals surface area contributed by atoms with Gasteiger partial charge in [-0.25, -0.2) is 4.79 Å². The van der Waals surface area contributed by atoms with Crippen molar-refractivity contribution in [3.63, 3.8) is 0 Å². The van der Waals surface area contributed by atoms with Gasteiger partial charge in [-0.3, -0.25) is 14.9 Å². The smallest absolute Gasteiger partial charge is 0.326 e. The number of nitrogens with two attached hydrogens (primary N) is 1. The maximum atomic E-state index is 14.0. The summed E-state index contributed by atoms with van der Waals surface area (Å²) in [6.07, 6.45) is 8.22. The number of aliphatic carboxylic acids is 1. The van der Waals surface area contributed by atoms with Gasteiger partial charge in [0, 0.05) is 6.54 Å². The molecule has 204 valence electrons. The lowest BCUT2D eigenvalue weighted by Crippen LogP contribution is -2.54. The number of amides is 1. The van der Waals surface area contributed by atoms with Crippen LogP contribution >= 0.6 is 0 Å². The zero-order chi connectivity index (χ0) is 26.4. The molecule has 2 aliphatic carbocycles. The first-order valence-corrected chi connectivity index (χ1v) is 14.1. The number of carbonyl (C=O) groups excluding carboxylic acids is 2. The van der Waals surface area contributed by atoms with Crippen LogP contribution in [0.1, 0.15) is 70.3 Å². The molecule has 5 unspecified atom stereocenters. The number of nitrogens with zero attached hydrogens (tertiary/aromatic N) is 1. The normalized spacial score (nSPS) is 27.9. The van der Waals surface area contributed by atoms with Gasteiger partial charge in [0.05, 0.1) is 12.6 Å². The number of hydrogen-bond acceptors (Lipinski definition) is 6. The molecule has 4 N–H and O–H groups in total. The fraction of sp³-hybridized carbons (Fsp3) is 0.690. The number of likely N-dealkylation sites (tertiary alicyclic amines) is 1. The Morgan fingerprint density at radius 2 is 1.92 bits per heavy atom. The number of carbonyl (C=O) groups is 3. The first-order chi connectivity index (χ1) is 17.9. The Hall–Kier alpha value is -2.45. The van der Waals surface area contributed by atoms with Gasteiger partial charge < -0.3 is 20.5 Å². The maximum Gasteiger partial charge on any atom is 0.326 e. The van der Waals surface area contributed by atoms with Crippen LogP contribution in [0.2, 0.25) is 0 Å². The molecular weight excluding hydrogens is 470 g/mol. The topological polar surface area (TPSA) is 122 Å². The van der Waals surface area contributed by atoms with E-state index in [1.165, 1.54) is 6.42 Å². The number of hydrogen-bond donors (Lipinski definition) is 3. The van der Waals surface area contributed by atoms with E-state index >= 15 is 0 Å². The fourth-order valence-corrected chi connectivity index (χ4v) is 7.14. The minimum absolute atomic E-state index is 0.0721. The number of ether oxygens (including phenoxy) is 1. The lowest BCUT2D eigenvalue weighted by atomic mass is 9.72. The summed E-state index contributed by atoms with van der Waals surface area (Å²) >= 11 is 0. The molecule has 4 rings (SSSR count). The Morgan fingerprint density at radius 3 is 2.54 bits per heavy atom. The largest absolute Gasteiger partial charge is 0.480 e. The lowest BCUT2D eigenvalue weighted by molar-refractivity contribution is -0.150. The molecule has 8 nitrogen and oxygen atoms in total. The van der Waals surface area contributed by atoms with E-state index in [1.54, 1.807) is 11.8 Å². The van der Waals surface area contributed by atoms with Crippen LogP contribution in [0.4, 0.5) is 0 Å². The minimum Gasteiger partial charge on any atom is -0.480 e. The van der Waals surface area contributed by atoms with Crippen LogP contribution < -0.4 is 11.1 Å². The van der Waals surface area contributed by atoms with Crippen molar-refractivity contribution in [3.05, 3.63) is 35.9 Å². The fourth-order valence-electron chi connectivity index (χ4n) is 7.14. The molecule has 1 aromatic rings. The third-order valence-electron chi connectivity index (χ3n) is 8.91. The van der Waals surface area contributed by atoms with Crippen LogP contribution in [-0.4, -0.2) is 65.7 Å². The van der Waals surface area contributed by atoms with Gasteiger partial charge in [-0.1, -0.05) is 43.2 Å². The van der Waals surface area contributed by atoms with E-state index < -0.39 is 24.1 Å². The van der Waals surface area contributed by atoms with Crippen molar-refractivity contribution in [2.24, 2.45) is 23.0 Å². The van der Waals surface area contributed by atoms with Crippen LogP contribution in [0, 0.1) is 17.3 Å². The highest BCUT2D eigenvalue weighted by atomic mass is 16.5. The molecule has 2 saturated carbocycles. The molecule has 3 fully saturated rings. The molecule has 1 aliphatic heterocycles. The highest BCUT2D eigenvalue weighted by molar-refractivity contribution is 5.88. The van der Waals surface area contributed by atoms with Crippen molar-refractivity contribution in [3.8, 4) is 0 Å². The molecule has 1 saturated heterocycles. The average Bonchev–Trinajstić information content (AvgIpc) is 3.60. The summed E-state index contributed by atoms with van der Waals surface area (Å²) in [5, 5.41) is 13.4. The molecule has 0 aromatic heterocycles. The number of nitrogens with one attached hydrogen (secondary N) is 1. The molecule has 6 atom stereocenters. The summed E-state index contributed by atoms with van der Waals surface area (Å²) in [6, 6.07) is 7.79. The van der Waals surface area contributed by atoms with Crippen molar-refractivity contribution in [2.45, 2.75) is 89.3 Å². The number of fused-ring (bicyclic) bond motifs is 3. The first-order valence-electron chi connectivity index (χ1n) is 14.1. The molecule has 2 bridgehead atoms. The van der Waals surface area contributed by atoms with E-state index in [-0.39, 0.29) is 23.9 Å². The second-order valence-electron chi connectivity index (χ2n) is 11.3. The summed E-state index contributed by atoms with van der Waals surface area (Å²) < 4.78 is 5.35. The predicted octanol–water partition coefficient (Wildman–Crippen LogP) is 3.13. The van der Waals surface area contributed by atoms with Crippen LogP contribution in [0.3, 0.4) is 0 Å². The molecule has 0 radical (unpaired) electrons. The van der Waals surface area contributed by atoms with Gasteiger partial charge in [0.15, 0.2) is 0 Å². The predicted molar refractivity (Wildman–Crippen MR) is 141 cm³/mol. The van der Waals surface area contributed by atoms with Crippen molar-refractivity contribution in [2.75, 3.05) is 19.7 Å². The number of rotatable bonds is 13. The van der Waals surface area contributed by atoms with Crippen molar-refractivity contribution < 1.29 is 24.2 Å². The van der Waals surface area contributed by atoms with E-state index in [0.717, 1.165) is 37.7 Å². The average molecular weight is 514 g/mol. The quantitative estimate of drug-likeness (QED) is 0.274. The second kappa shape index (κ2) is 12.4. The third-order valence-corrected chi connectivity index (χ3v) is 8.91. The number of aryl methyl sites for hydroxylation is 1. The Morgan fingerprint density at radius 1 is 1.14 bits per heavy atom. The van der Waals surface area contributed by atoms with Crippen molar-refractivity contribution in [1.82, 2.24) is 10.2 Å². The van der Waals surface area contributed by atoms with Gasteiger partial charge in [0.25, 0.3) is 0 Å². The van der Waals surface area contributed by atoms with Gasteiger partial charge in [-0.05, 0) is 87.6 Å². The standard InChI is InChI=1S/C29H43N3O5/c1-2-37-28(36)24(14-12-20-8-4-3-5-9-20)31-23(10-6-7-15-30)26(33)32-19-29(18-25(32)27(34)35)17-21-11-13-22(29)16-21/h3-5,8-9,21-25,31H,2,6-7,10-19,30H2,1H3,(H,34,35)/t21?,22?,23-,24?,25?,29?/m0/s1. The third kappa shape index (κ3) is 6.34. The number of carboxylic acids is 1. The number of esters is 1. The Balaban J connectivity index is 1.52.